The number of thiophene rings is 1. The van der Waals surface area contributed by atoms with Crippen LogP contribution in [-0.4, -0.2) is 9.55 Å². The third-order valence-electron chi connectivity index (χ3n) is 3.03. The Hall–Kier alpha value is -1.62. The van der Waals surface area contributed by atoms with Gasteiger partial charge in [0.15, 0.2) is 5.82 Å². The largest absolute Gasteiger partial charge is 0.361 e. The molecule has 0 aliphatic heterocycles. The van der Waals surface area contributed by atoms with Crippen LogP contribution >= 0.6 is 11.3 Å². The average Bonchev–Trinajstić information content (AvgIpc) is 3.11. The minimum atomic E-state index is -0.00622. The van der Waals surface area contributed by atoms with E-state index in [1.807, 2.05) is 0 Å². The fourth-order valence-electron chi connectivity index (χ4n) is 1.94. The Bertz CT molecular complexity index is 613. The van der Waals surface area contributed by atoms with Crippen LogP contribution in [0.4, 0.5) is 5.82 Å². The molecule has 2 aromatic heterocycles. The quantitative estimate of drug-likeness (QED) is 0.920. The maximum atomic E-state index is 12.1. The summed E-state index contributed by atoms with van der Waals surface area (Å²) < 4.78 is 1.79. The summed E-state index contributed by atoms with van der Waals surface area (Å²) in [6.45, 7) is 2.74. The van der Waals surface area contributed by atoms with Crippen LogP contribution < -0.4 is 10.9 Å². The zero-order valence-electron chi connectivity index (χ0n) is 10.2. The van der Waals surface area contributed by atoms with E-state index in [-0.39, 0.29) is 5.56 Å². The molecule has 1 N–H and O–H groups in total. The second-order valence-corrected chi connectivity index (χ2v) is 5.96. The van der Waals surface area contributed by atoms with Crippen LogP contribution in [0.1, 0.15) is 28.6 Å². The highest BCUT2D eigenvalue weighted by Crippen LogP contribution is 2.33. The summed E-state index contributed by atoms with van der Waals surface area (Å²) in [5, 5.41) is 3.13. The standard InChI is InChI=1S/C13H15N3OS/c1-9-2-5-11(18-9)8-15-12-13(17)16(7-6-14-12)10-3-4-10/h2,5-7,10H,3-4,8H2,1H3,(H,14,15). The van der Waals surface area contributed by atoms with Gasteiger partial charge in [-0.15, -0.1) is 11.3 Å². The Morgan fingerprint density at radius 2 is 2.33 bits per heavy atom. The Labute approximate surface area is 109 Å². The Morgan fingerprint density at radius 3 is 3.00 bits per heavy atom. The van der Waals surface area contributed by atoms with E-state index in [0.717, 1.165) is 12.8 Å². The molecule has 0 spiro atoms. The van der Waals surface area contributed by atoms with Gasteiger partial charge in [0, 0.05) is 28.2 Å². The van der Waals surface area contributed by atoms with E-state index in [4.69, 9.17) is 0 Å². The Morgan fingerprint density at radius 1 is 1.50 bits per heavy atom. The molecule has 1 aliphatic rings. The molecule has 2 heterocycles. The lowest BCUT2D eigenvalue weighted by molar-refractivity contribution is 0.699. The van der Waals surface area contributed by atoms with Gasteiger partial charge in [-0.25, -0.2) is 4.98 Å². The van der Waals surface area contributed by atoms with Gasteiger partial charge in [-0.2, -0.15) is 0 Å². The Balaban J connectivity index is 1.76. The van der Waals surface area contributed by atoms with Gasteiger partial charge in [0.05, 0.1) is 6.54 Å². The lowest BCUT2D eigenvalue weighted by Crippen LogP contribution is -2.23. The highest BCUT2D eigenvalue weighted by molar-refractivity contribution is 7.11. The van der Waals surface area contributed by atoms with Crippen LogP contribution in [0.5, 0.6) is 0 Å². The normalized spacial score (nSPS) is 14.7. The maximum Gasteiger partial charge on any atom is 0.293 e. The Kier molecular flexibility index (Phi) is 2.91. The zero-order chi connectivity index (χ0) is 12.5. The molecule has 4 nitrogen and oxygen atoms in total. The topological polar surface area (TPSA) is 46.9 Å². The van der Waals surface area contributed by atoms with Crippen molar-refractivity contribution in [3.05, 3.63) is 44.6 Å². The number of nitrogens with zero attached hydrogens (tertiary/aromatic N) is 2. The van der Waals surface area contributed by atoms with Gasteiger partial charge in [0.2, 0.25) is 0 Å². The summed E-state index contributed by atoms with van der Waals surface area (Å²) in [6, 6.07) is 4.56. The molecule has 0 bridgehead atoms. The molecule has 0 atom stereocenters. The van der Waals surface area contributed by atoms with Crippen LogP contribution in [0, 0.1) is 6.92 Å². The predicted molar refractivity (Wildman–Crippen MR) is 73.2 cm³/mol. The monoisotopic (exact) mass is 261 g/mol. The number of hydrogen-bond donors (Lipinski definition) is 1. The van der Waals surface area contributed by atoms with Crippen LogP contribution in [0.25, 0.3) is 0 Å². The van der Waals surface area contributed by atoms with Crippen molar-refractivity contribution < 1.29 is 0 Å². The number of rotatable bonds is 4. The number of anilines is 1. The van der Waals surface area contributed by atoms with E-state index in [0.29, 0.717) is 18.4 Å². The molecule has 1 saturated carbocycles. The summed E-state index contributed by atoms with van der Waals surface area (Å²) in [5.41, 5.74) is -0.00622. The number of aryl methyl sites for hydroxylation is 1. The smallest absolute Gasteiger partial charge is 0.293 e. The second kappa shape index (κ2) is 4.57. The van der Waals surface area contributed by atoms with Crippen LogP contribution in [0.2, 0.25) is 0 Å². The summed E-state index contributed by atoms with van der Waals surface area (Å²) in [6.07, 6.45) is 5.68. The van der Waals surface area contributed by atoms with Gasteiger partial charge in [0.1, 0.15) is 0 Å². The van der Waals surface area contributed by atoms with Crippen molar-refractivity contribution in [3.63, 3.8) is 0 Å². The average molecular weight is 261 g/mol. The van der Waals surface area contributed by atoms with E-state index < -0.39 is 0 Å². The minimum Gasteiger partial charge on any atom is -0.361 e. The van der Waals surface area contributed by atoms with Gasteiger partial charge in [-0.05, 0) is 31.9 Å². The molecule has 94 valence electrons. The van der Waals surface area contributed by atoms with Crippen molar-refractivity contribution in [2.24, 2.45) is 0 Å². The van der Waals surface area contributed by atoms with E-state index in [1.54, 1.807) is 28.3 Å². The lowest BCUT2D eigenvalue weighted by atomic mass is 10.4. The zero-order valence-corrected chi connectivity index (χ0v) is 11.0. The first kappa shape index (κ1) is 11.5. The fraction of sp³-hybridized carbons (Fsp3) is 0.385. The molecule has 0 saturated heterocycles. The minimum absolute atomic E-state index is 0.00622. The van der Waals surface area contributed by atoms with Gasteiger partial charge < -0.3 is 9.88 Å². The molecule has 0 unspecified atom stereocenters. The number of hydrogen-bond acceptors (Lipinski definition) is 4. The SMILES string of the molecule is Cc1ccc(CNc2nccn(C3CC3)c2=O)s1. The third-order valence-corrected chi connectivity index (χ3v) is 4.04. The number of aromatic nitrogens is 2. The van der Waals surface area contributed by atoms with E-state index >= 15 is 0 Å². The molecular weight excluding hydrogens is 246 g/mol. The van der Waals surface area contributed by atoms with Crippen molar-refractivity contribution >= 4 is 17.2 Å². The maximum absolute atomic E-state index is 12.1. The first-order chi connectivity index (χ1) is 8.74. The molecule has 1 aliphatic carbocycles. The van der Waals surface area contributed by atoms with Crippen molar-refractivity contribution in [1.82, 2.24) is 9.55 Å². The van der Waals surface area contributed by atoms with Gasteiger partial charge in [-0.1, -0.05) is 0 Å². The fourth-order valence-corrected chi connectivity index (χ4v) is 2.77. The highest BCUT2D eigenvalue weighted by atomic mass is 32.1. The molecular formula is C13H15N3OS. The van der Waals surface area contributed by atoms with Crippen molar-refractivity contribution in [3.8, 4) is 0 Å². The summed E-state index contributed by atoms with van der Waals surface area (Å²) in [7, 11) is 0. The molecule has 3 rings (SSSR count). The highest BCUT2D eigenvalue weighted by Gasteiger charge is 2.25. The summed E-state index contributed by atoms with van der Waals surface area (Å²) >= 11 is 1.74. The molecule has 0 amide bonds. The van der Waals surface area contributed by atoms with E-state index in [2.05, 4.69) is 29.4 Å². The molecule has 0 radical (unpaired) electrons. The van der Waals surface area contributed by atoms with E-state index in [9.17, 15) is 4.79 Å². The third kappa shape index (κ3) is 2.31. The van der Waals surface area contributed by atoms with Crippen molar-refractivity contribution in [2.45, 2.75) is 32.4 Å². The predicted octanol–water partition coefficient (Wildman–Crippen LogP) is 2.56. The molecule has 5 heteroatoms. The molecule has 1 fully saturated rings. The first-order valence-corrected chi connectivity index (χ1v) is 6.92. The summed E-state index contributed by atoms with van der Waals surface area (Å²) in [5.74, 6) is 0.454. The molecule has 2 aromatic rings. The second-order valence-electron chi connectivity index (χ2n) is 4.59. The van der Waals surface area contributed by atoms with Crippen molar-refractivity contribution in [2.75, 3.05) is 5.32 Å². The van der Waals surface area contributed by atoms with Crippen LogP contribution in [-0.2, 0) is 6.54 Å². The lowest BCUT2D eigenvalue weighted by Gasteiger charge is -2.07. The van der Waals surface area contributed by atoms with Crippen LogP contribution in [0.15, 0.2) is 29.3 Å². The molecule has 0 aromatic carbocycles. The van der Waals surface area contributed by atoms with Gasteiger partial charge in [0.25, 0.3) is 5.56 Å². The van der Waals surface area contributed by atoms with Gasteiger partial charge in [-0.3, -0.25) is 4.79 Å². The molecule has 18 heavy (non-hydrogen) atoms. The van der Waals surface area contributed by atoms with Crippen LogP contribution in [0.3, 0.4) is 0 Å². The first-order valence-electron chi connectivity index (χ1n) is 6.10. The van der Waals surface area contributed by atoms with E-state index in [1.165, 1.54) is 9.75 Å². The summed E-state index contributed by atoms with van der Waals surface area (Å²) in [4.78, 5) is 18.7. The van der Waals surface area contributed by atoms with Crippen molar-refractivity contribution in [1.29, 1.82) is 0 Å². The van der Waals surface area contributed by atoms with Gasteiger partial charge >= 0.3 is 0 Å². The number of nitrogens with one attached hydrogen (secondary N) is 1.